The predicted octanol–water partition coefficient (Wildman–Crippen LogP) is 3.30. The van der Waals surface area contributed by atoms with E-state index in [0.717, 1.165) is 18.5 Å². The van der Waals surface area contributed by atoms with Gasteiger partial charge in [-0.2, -0.15) is 0 Å². The summed E-state index contributed by atoms with van der Waals surface area (Å²) < 4.78 is 5.69. The number of hydrogen-bond donors (Lipinski definition) is 1. The highest BCUT2D eigenvalue weighted by Gasteiger charge is 2.16. The molecule has 0 spiro atoms. The number of hydrogen-bond acceptors (Lipinski definition) is 3. The minimum atomic E-state index is -0.925. The first-order chi connectivity index (χ1) is 9.19. The quantitative estimate of drug-likeness (QED) is 0.855. The Morgan fingerprint density at radius 1 is 1.42 bits per heavy atom. The van der Waals surface area contributed by atoms with Crippen LogP contribution in [0.15, 0.2) is 12.1 Å². The van der Waals surface area contributed by atoms with Gasteiger partial charge in [0.05, 0.1) is 12.2 Å². The van der Waals surface area contributed by atoms with Gasteiger partial charge in [0.1, 0.15) is 0 Å². The molecule has 1 aliphatic rings. The molecule has 0 radical (unpaired) electrons. The van der Waals surface area contributed by atoms with Gasteiger partial charge in [0.25, 0.3) is 0 Å². The van der Waals surface area contributed by atoms with E-state index in [9.17, 15) is 4.79 Å². The van der Waals surface area contributed by atoms with E-state index in [1.54, 1.807) is 6.07 Å². The molecule has 1 aromatic rings. The second kappa shape index (κ2) is 6.55. The number of ether oxygens (including phenoxy) is 1. The maximum absolute atomic E-state index is 11.1. The number of pyridine rings is 1. The summed E-state index contributed by atoms with van der Waals surface area (Å²) in [6.45, 7) is 2.70. The van der Waals surface area contributed by atoms with Gasteiger partial charge in [0.15, 0.2) is 0 Å². The molecule has 0 amide bonds. The number of rotatable bonds is 6. The maximum Gasteiger partial charge on any atom is 0.335 e. The Morgan fingerprint density at radius 3 is 2.79 bits per heavy atom. The van der Waals surface area contributed by atoms with Crippen molar-refractivity contribution in [3.63, 3.8) is 0 Å². The maximum atomic E-state index is 11.1. The van der Waals surface area contributed by atoms with Crippen molar-refractivity contribution >= 4 is 5.97 Å². The first-order valence-corrected chi connectivity index (χ1v) is 7.06. The lowest BCUT2D eigenvalue weighted by atomic mass is 10.1. The monoisotopic (exact) mass is 263 g/mol. The Labute approximate surface area is 113 Å². The van der Waals surface area contributed by atoms with Crippen molar-refractivity contribution < 1.29 is 14.6 Å². The second-order valence-corrected chi connectivity index (χ2v) is 5.20. The normalized spacial score (nSPS) is 15.6. The zero-order valence-corrected chi connectivity index (χ0v) is 11.4. The van der Waals surface area contributed by atoms with Gasteiger partial charge in [-0.1, -0.05) is 26.2 Å². The topological polar surface area (TPSA) is 59.4 Å². The number of nitrogens with zero attached hydrogens (tertiary/aromatic N) is 1. The van der Waals surface area contributed by atoms with Gasteiger partial charge < -0.3 is 9.84 Å². The fourth-order valence-electron chi connectivity index (χ4n) is 2.52. The lowest BCUT2D eigenvalue weighted by molar-refractivity contribution is 0.0696. The average molecular weight is 263 g/mol. The van der Waals surface area contributed by atoms with Crippen LogP contribution in [0.3, 0.4) is 0 Å². The summed E-state index contributed by atoms with van der Waals surface area (Å²) in [6.07, 6.45) is 6.69. The van der Waals surface area contributed by atoms with Crippen LogP contribution in [0, 0.1) is 5.92 Å². The van der Waals surface area contributed by atoms with Crippen molar-refractivity contribution in [2.45, 2.75) is 45.4 Å². The highest BCUT2D eigenvalue weighted by atomic mass is 16.5. The second-order valence-electron chi connectivity index (χ2n) is 5.20. The van der Waals surface area contributed by atoms with E-state index in [0.29, 0.717) is 18.4 Å². The van der Waals surface area contributed by atoms with Crippen LogP contribution in [-0.2, 0) is 6.42 Å². The molecule has 1 fully saturated rings. The molecule has 0 aromatic carbocycles. The lowest BCUT2D eigenvalue weighted by Gasteiger charge is -2.12. The van der Waals surface area contributed by atoms with Crippen LogP contribution < -0.4 is 4.74 Å². The summed E-state index contributed by atoms with van der Waals surface area (Å²) in [6, 6.07) is 3.16. The highest BCUT2D eigenvalue weighted by Crippen LogP contribution is 2.25. The third-order valence-corrected chi connectivity index (χ3v) is 3.55. The molecule has 1 saturated carbocycles. The van der Waals surface area contributed by atoms with Gasteiger partial charge in [-0.05, 0) is 31.2 Å². The van der Waals surface area contributed by atoms with Crippen molar-refractivity contribution in [1.82, 2.24) is 4.98 Å². The number of aryl methyl sites for hydroxylation is 1. The third kappa shape index (κ3) is 3.94. The summed E-state index contributed by atoms with van der Waals surface area (Å²) in [5.74, 6) is 0.130. The van der Waals surface area contributed by atoms with Crippen LogP contribution in [0.25, 0.3) is 0 Å². The number of carboxylic acid groups (broad SMARTS) is 1. The van der Waals surface area contributed by atoms with Crippen molar-refractivity contribution in [3.05, 3.63) is 23.4 Å². The van der Waals surface area contributed by atoms with Gasteiger partial charge in [0, 0.05) is 11.8 Å². The number of carbonyl (C=O) groups is 1. The largest absolute Gasteiger partial charge is 0.478 e. The van der Waals surface area contributed by atoms with Crippen LogP contribution in [-0.4, -0.2) is 22.7 Å². The van der Waals surface area contributed by atoms with Gasteiger partial charge in [0.2, 0.25) is 5.88 Å². The van der Waals surface area contributed by atoms with E-state index in [-0.39, 0.29) is 5.56 Å². The average Bonchev–Trinajstić information content (AvgIpc) is 2.89. The van der Waals surface area contributed by atoms with Crippen LogP contribution >= 0.6 is 0 Å². The first kappa shape index (κ1) is 13.8. The van der Waals surface area contributed by atoms with E-state index in [4.69, 9.17) is 9.84 Å². The molecule has 1 N–H and O–H groups in total. The number of aromatic carboxylic acids is 1. The van der Waals surface area contributed by atoms with Crippen molar-refractivity contribution in [2.24, 2.45) is 5.92 Å². The minimum absolute atomic E-state index is 0.264. The fraction of sp³-hybridized carbons (Fsp3) is 0.600. The molecular formula is C15H21NO3. The fourth-order valence-corrected chi connectivity index (χ4v) is 2.52. The molecule has 0 unspecified atom stereocenters. The van der Waals surface area contributed by atoms with Crippen molar-refractivity contribution in [1.29, 1.82) is 0 Å². The molecule has 19 heavy (non-hydrogen) atoms. The molecule has 4 heteroatoms. The molecule has 0 saturated heterocycles. The summed E-state index contributed by atoms with van der Waals surface area (Å²) in [4.78, 5) is 15.5. The standard InChI is InChI=1S/C15H21NO3/c1-2-5-13-8-12(15(17)18)9-14(16-13)19-10-11-6-3-4-7-11/h8-9,11H,2-7,10H2,1H3,(H,17,18). The van der Waals surface area contributed by atoms with E-state index < -0.39 is 5.97 Å². The molecule has 1 heterocycles. The molecule has 1 aliphatic carbocycles. The molecule has 4 nitrogen and oxygen atoms in total. The summed E-state index contributed by atoms with van der Waals surface area (Å²) >= 11 is 0. The van der Waals surface area contributed by atoms with Crippen molar-refractivity contribution in [2.75, 3.05) is 6.61 Å². The van der Waals surface area contributed by atoms with Crippen LogP contribution in [0.5, 0.6) is 5.88 Å². The highest BCUT2D eigenvalue weighted by molar-refractivity contribution is 5.88. The van der Waals surface area contributed by atoms with Gasteiger partial charge in [-0.15, -0.1) is 0 Å². The summed E-state index contributed by atoms with van der Waals surface area (Å²) in [7, 11) is 0. The molecule has 0 atom stereocenters. The molecule has 104 valence electrons. The third-order valence-electron chi connectivity index (χ3n) is 3.55. The Hall–Kier alpha value is -1.58. The Kier molecular flexibility index (Phi) is 4.77. The zero-order chi connectivity index (χ0) is 13.7. The molecule has 0 aliphatic heterocycles. The Morgan fingerprint density at radius 2 is 2.16 bits per heavy atom. The molecule has 2 rings (SSSR count). The molecule has 1 aromatic heterocycles. The van der Waals surface area contributed by atoms with E-state index in [2.05, 4.69) is 4.98 Å². The molecular weight excluding hydrogens is 242 g/mol. The first-order valence-electron chi connectivity index (χ1n) is 7.06. The van der Waals surface area contributed by atoms with Crippen molar-refractivity contribution in [3.8, 4) is 5.88 Å². The van der Waals surface area contributed by atoms with Crippen LogP contribution in [0.4, 0.5) is 0 Å². The summed E-state index contributed by atoms with van der Waals surface area (Å²) in [5.41, 5.74) is 1.06. The van der Waals surface area contributed by atoms with E-state index >= 15 is 0 Å². The van der Waals surface area contributed by atoms with Crippen LogP contribution in [0.2, 0.25) is 0 Å². The number of carboxylic acids is 1. The van der Waals surface area contributed by atoms with Gasteiger partial charge in [-0.3, -0.25) is 0 Å². The Bertz CT molecular complexity index is 439. The SMILES string of the molecule is CCCc1cc(C(=O)O)cc(OCC2CCCC2)n1. The molecule has 0 bridgehead atoms. The lowest BCUT2D eigenvalue weighted by Crippen LogP contribution is -2.10. The summed E-state index contributed by atoms with van der Waals surface area (Å²) in [5, 5.41) is 9.10. The van der Waals surface area contributed by atoms with Gasteiger partial charge >= 0.3 is 5.97 Å². The zero-order valence-electron chi connectivity index (χ0n) is 11.4. The van der Waals surface area contributed by atoms with Gasteiger partial charge in [-0.25, -0.2) is 9.78 Å². The number of aromatic nitrogens is 1. The smallest absolute Gasteiger partial charge is 0.335 e. The van der Waals surface area contributed by atoms with E-state index in [1.807, 2.05) is 6.92 Å². The Balaban J connectivity index is 2.06. The predicted molar refractivity (Wildman–Crippen MR) is 72.6 cm³/mol. The van der Waals surface area contributed by atoms with Crippen LogP contribution in [0.1, 0.15) is 55.1 Å². The minimum Gasteiger partial charge on any atom is -0.478 e. The van der Waals surface area contributed by atoms with E-state index in [1.165, 1.54) is 31.7 Å².